The van der Waals surface area contributed by atoms with E-state index < -0.39 is 16.8 Å². The molecule has 1 amide bonds. The number of hydrogen-bond acceptors (Lipinski definition) is 7. The zero-order valence-electron chi connectivity index (χ0n) is 20.3. The van der Waals surface area contributed by atoms with Gasteiger partial charge in [-0.1, -0.05) is 26.0 Å². The third kappa shape index (κ3) is 6.05. The van der Waals surface area contributed by atoms with Crippen LogP contribution in [0.15, 0.2) is 42.5 Å². The summed E-state index contributed by atoms with van der Waals surface area (Å²) in [5.74, 6) is -0.117. The average Bonchev–Trinajstić information content (AvgIpc) is 3.13. The van der Waals surface area contributed by atoms with E-state index in [9.17, 15) is 19.7 Å². The number of nitro benzene ring substituents is 1. The summed E-state index contributed by atoms with van der Waals surface area (Å²) in [5, 5.41) is 14.1. The molecule has 0 spiro atoms. The van der Waals surface area contributed by atoms with Gasteiger partial charge in [0.25, 0.3) is 11.6 Å². The summed E-state index contributed by atoms with van der Waals surface area (Å²) < 4.78 is 11.1. The van der Waals surface area contributed by atoms with E-state index in [2.05, 4.69) is 19.2 Å². The smallest absolute Gasteiger partial charge is 0.341 e. The molecule has 0 saturated heterocycles. The summed E-state index contributed by atoms with van der Waals surface area (Å²) in [4.78, 5) is 37.0. The van der Waals surface area contributed by atoms with Crippen molar-refractivity contribution in [3.63, 3.8) is 0 Å². The number of carbonyl (C=O) groups is 2. The zero-order valence-corrected chi connectivity index (χ0v) is 21.2. The second-order valence-electron chi connectivity index (χ2n) is 8.29. The fourth-order valence-electron chi connectivity index (χ4n) is 3.68. The third-order valence-electron chi connectivity index (χ3n) is 5.33. The molecular formula is C26H28N2O6S. The monoisotopic (exact) mass is 496 g/mol. The first-order chi connectivity index (χ1) is 16.6. The van der Waals surface area contributed by atoms with Gasteiger partial charge in [0, 0.05) is 22.6 Å². The fraction of sp³-hybridized carbons (Fsp3) is 0.308. The summed E-state index contributed by atoms with van der Waals surface area (Å²) >= 11 is 1.24. The summed E-state index contributed by atoms with van der Waals surface area (Å²) in [5.41, 5.74) is 3.38. The van der Waals surface area contributed by atoms with Gasteiger partial charge in [-0.3, -0.25) is 14.9 Å². The zero-order chi connectivity index (χ0) is 25.7. The minimum atomic E-state index is -0.581. The first-order valence-electron chi connectivity index (χ1n) is 11.2. The van der Waals surface area contributed by atoms with Gasteiger partial charge in [0.05, 0.1) is 11.5 Å². The van der Waals surface area contributed by atoms with Crippen molar-refractivity contribution < 1.29 is 24.0 Å². The Labute approximate surface area is 208 Å². The molecule has 35 heavy (non-hydrogen) atoms. The molecule has 2 aromatic carbocycles. The van der Waals surface area contributed by atoms with Crippen LogP contribution in [0.4, 0.5) is 10.7 Å². The van der Waals surface area contributed by atoms with E-state index in [4.69, 9.17) is 9.47 Å². The van der Waals surface area contributed by atoms with Crippen LogP contribution in [-0.2, 0) is 9.53 Å². The third-order valence-corrected chi connectivity index (χ3v) is 6.35. The van der Waals surface area contributed by atoms with Gasteiger partial charge in [0.15, 0.2) is 6.61 Å². The molecule has 0 radical (unpaired) electrons. The lowest BCUT2D eigenvalue weighted by atomic mass is 10.0. The number of anilines is 1. The van der Waals surface area contributed by atoms with Crippen LogP contribution in [-0.4, -0.2) is 30.0 Å². The van der Waals surface area contributed by atoms with Gasteiger partial charge in [-0.25, -0.2) is 4.79 Å². The molecule has 3 rings (SSSR count). The molecule has 0 unspecified atom stereocenters. The van der Waals surface area contributed by atoms with Crippen LogP contribution in [0.2, 0.25) is 0 Å². The maximum absolute atomic E-state index is 12.9. The van der Waals surface area contributed by atoms with Crippen molar-refractivity contribution in [2.45, 2.75) is 40.5 Å². The highest BCUT2D eigenvalue weighted by Gasteiger charge is 2.26. The van der Waals surface area contributed by atoms with E-state index in [1.54, 1.807) is 19.1 Å². The molecule has 0 atom stereocenters. The molecule has 8 nitrogen and oxygen atoms in total. The topological polar surface area (TPSA) is 108 Å². The molecule has 1 N–H and O–H groups in total. The minimum Gasteiger partial charge on any atom is -0.483 e. The van der Waals surface area contributed by atoms with Crippen LogP contribution < -0.4 is 10.1 Å². The molecule has 1 heterocycles. The highest BCUT2D eigenvalue weighted by molar-refractivity contribution is 7.17. The van der Waals surface area contributed by atoms with Crippen molar-refractivity contribution in [1.82, 2.24) is 0 Å². The number of nitrogens with one attached hydrogen (secondary N) is 1. The van der Waals surface area contributed by atoms with E-state index in [0.717, 1.165) is 16.0 Å². The Morgan fingerprint density at radius 1 is 1.11 bits per heavy atom. The average molecular weight is 497 g/mol. The highest BCUT2D eigenvalue weighted by atomic mass is 32.1. The SMILES string of the molecule is CCOC(=O)c1c(NC(=O)COc2cc(C)ccc2C(C)C)sc(C)c1-c1ccc([N+](=O)[O-])cc1. The molecule has 1 aromatic heterocycles. The van der Waals surface area contributed by atoms with Gasteiger partial charge < -0.3 is 14.8 Å². The molecule has 0 aliphatic carbocycles. The van der Waals surface area contributed by atoms with Crippen molar-refractivity contribution in [3.8, 4) is 16.9 Å². The number of nitrogens with zero attached hydrogens (tertiary/aromatic N) is 1. The maximum atomic E-state index is 12.9. The van der Waals surface area contributed by atoms with Crippen LogP contribution in [0.5, 0.6) is 5.75 Å². The second-order valence-corrected chi connectivity index (χ2v) is 9.52. The Morgan fingerprint density at radius 3 is 2.40 bits per heavy atom. The minimum absolute atomic E-state index is 0.0538. The number of rotatable bonds is 9. The lowest BCUT2D eigenvalue weighted by molar-refractivity contribution is -0.384. The van der Waals surface area contributed by atoms with Gasteiger partial charge in [0.1, 0.15) is 16.3 Å². The molecule has 3 aromatic rings. The number of non-ortho nitro benzene ring substituents is 1. The molecule has 0 fully saturated rings. The first-order valence-corrected chi connectivity index (χ1v) is 12.0. The van der Waals surface area contributed by atoms with Crippen LogP contribution >= 0.6 is 11.3 Å². The van der Waals surface area contributed by atoms with Gasteiger partial charge in [-0.2, -0.15) is 0 Å². The number of aryl methyl sites for hydroxylation is 2. The van der Waals surface area contributed by atoms with Gasteiger partial charge in [-0.15, -0.1) is 11.3 Å². The van der Waals surface area contributed by atoms with Gasteiger partial charge in [0.2, 0.25) is 0 Å². The van der Waals surface area contributed by atoms with Gasteiger partial charge in [-0.05, 0) is 61.6 Å². The van der Waals surface area contributed by atoms with Crippen molar-refractivity contribution in [2.75, 3.05) is 18.5 Å². The van der Waals surface area contributed by atoms with Crippen molar-refractivity contribution in [2.24, 2.45) is 0 Å². The number of hydrogen-bond donors (Lipinski definition) is 1. The summed E-state index contributed by atoms with van der Waals surface area (Å²) in [7, 11) is 0. The Bertz CT molecular complexity index is 1250. The number of thiophene rings is 1. The molecule has 0 aliphatic heterocycles. The van der Waals surface area contributed by atoms with E-state index in [0.29, 0.717) is 21.9 Å². The Hall–Kier alpha value is -3.72. The number of carbonyl (C=O) groups excluding carboxylic acids is 2. The Kier molecular flexibility index (Phi) is 8.24. The first kappa shape index (κ1) is 25.9. The number of amides is 1. The van der Waals surface area contributed by atoms with Crippen molar-refractivity contribution in [3.05, 3.63) is 74.1 Å². The van der Waals surface area contributed by atoms with Gasteiger partial charge >= 0.3 is 5.97 Å². The second kappa shape index (κ2) is 11.1. The van der Waals surface area contributed by atoms with Crippen molar-refractivity contribution in [1.29, 1.82) is 0 Å². The summed E-state index contributed by atoms with van der Waals surface area (Å²) in [6.07, 6.45) is 0. The van der Waals surface area contributed by atoms with E-state index >= 15 is 0 Å². The number of esters is 1. The predicted octanol–water partition coefficient (Wildman–Crippen LogP) is 6.26. The maximum Gasteiger partial charge on any atom is 0.341 e. The summed E-state index contributed by atoms with van der Waals surface area (Å²) in [6, 6.07) is 11.8. The predicted molar refractivity (Wildman–Crippen MR) is 136 cm³/mol. The summed E-state index contributed by atoms with van der Waals surface area (Å²) in [6.45, 7) is 9.51. The molecule has 184 valence electrons. The number of nitro groups is 1. The highest BCUT2D eigenvalue weighted by Crippen LogP contribution is 2.41. The fourth-order valence-corrected chi connectivity index (χ4v) is 4.76. The molecule has 0 bridgehead atoms. The van der Waals surface area contributed by atoms with E-state index in [1.807, 2.05) is 32.0 Å². The lowest BCUT2D eigenvalue weighted by Gasteiger charge is -2.15. The van der Waals surface area contributed by atoms with Crippen LogP contribution in [0, 0.1) is 24.0 Å². The number of benzene rings is 2. The van der Waals surface area contributed by atoms with Crippen LogP contribution in [0.25, 0.3) is 11.1 Å². The van der Waals surface area contributed by atoms with Crippen LogP contribution in [0.3, 0.4) is 0 Å². The molecule has 0 saturated carbocycles. The quantitative estimate of drug-likeness (QED) is 0.213. The standard InChI is InChI=1S/C26H28N2O6S/c1-6-33-26(30)24-23(18-8-10-19(11-9-18)28(31)32)17(5)35-25(24)27-22(29)14-34-21-13-16(4)7-12-20(21)15(2)3/h7-13,15H,6,14H2,1-5H3,(H,27,29). The van der Waals surface area contributed by atoms with E-state index in [1.165, 1.54) is 23.5 Å². The largest absolute Gasteiger partial charge is 0.483 e. The molecule has 0 aliphatic rings. The van der Waals surface area contributed by atoms with E-state index in [-0.39, 0.29) is 30.4 Å². The molecule has 9 heteroatoms. The normalized spacial score (nSPS) is 10.8. The molecular weight excluding hydrogens is 468 g/mol. The van der Waals surface area contributed by atoms with Crippen LogP contribution in [0.1, 0.15) is 53.1 Å². The Balaban J connectivity index is 1.89. The Morgan fingerprint density at radius 2 is 1.80 bits per heavy atom. The van der Waals surface area contributed by atoms with Crippen molar-refractivity contribution >= 4 is 33.9 Å². The number of ether oxygens (including phenoxy) is 2. The lowest BCUT2D eigenvalue weighted by Crippen LogP contribution is -2.21.